The predicted molar refractivity (Wildman–Crippen MR) is 69.4 cm³/mol. The third kappa shape index (κ3) is 9.42. The van der Waals surface area contributed by atoms with Crippen LogP contribution in [0.1, 0.15) is 25.7 Å². The average Bonchev–Trinajstić information content (AvgIpc) is 2.05. The van der Waals surface area contributed by atoms with Crippen LogP contribution in [0.2, 0.25) is 0 Å². The monoisotopic (exact) mass is 448 g/mol. The van der Waals surface area contributed by atoms with Gasteiger partial charge in [0.25, 0.3) is 0 Å². The Balaban J connectivity index is 0.000000424. The quantitative estimate of drug-likeness (QED) is 0.440. The molecule has 0 N–H and O–H groups in total. The van der Waals surface area contributed by atoms with Crippen LogP contribution >= 0.6 is 40.8 Å². The molecular formula is C9H11CoI2O. The fourth-order valence-electron chi connectivity index (χ4n) is 1.03. The zero-order valence-corrected chi connectivity index (χ0v) is 12.4. The summed E-state index contributed by atoms with van der Waals surface area (Å²) in [5, 5.41) is 0. The van der Waals surface area contributed by atoms with E-state index >= 15 is 0 Å². The SMILES string of the molecule is O=[C-]C1=CC=CCCCC1.[I][Co+][I]. The standard InChI is InChI=1S/C9H11O.Co.2HI/c10-8-9-6-4-2-1-3-5-7-9;;;/h2,4,6H,1,3,5,7H2;;2*1H/q-1;+3;;/p-2. The summed E-state index contributed by atoms with van der Waals surface area (Å²) in [6.45, 7) is 0. The Hall–Kier alpha value is 1.12. The van der Waals surface area contributed by atoms with E-state index in [1.54, 1.807) is 0 Å². The van der Waals surface area contributed by atoms with Crippen molar-refractivity contribution in [2.24, 2.45) is 0 Å². The molecule has 0 aliphatic heterocycles. The Morgan fingerprint density at radius 2 is 2.08 bits per heavy atom. The van der Waals surface area contributed by atoms with Gasteiger partial charge in [0.1, 0.15) is 0 Å². The third-order valence-corrected chi connectivity index (χ3v) is 1.63. The van der Waals surface area contributed by atoms with Gasteiger partial charge in [0.15, 0.2) is 0 Å². The molecular weight excluding hydrogens is 437 g/mol. The van der Waals surface area contributed by atoms with Crippen molar-refractivity contribution in [3.05, 3.63) is 23.8 Å². The zero-order chi connectivity index (χ0) is 9.94. The molecule has 76 valence electrons. The van der Waals surface area contributed by atoms with Crippen molar-refractivity contribution < 1.29 is 13.1 Å². The van der Waals surface area contributed by atoms with E-state index in [0.29, 0.717) is 0 Å². The van der Waals surface area contributed by atoms with Crippen molar-refractivity contribution in [1.82, 2.24) is 0 Å². The molecule has 1 aliphatic rings. The van der Waals surface area contributed by atoms with Crippen LogP contribution in [0, 0.1) is 0 Å². The summed E-state index contributed by atoms with van der Waals surface area (Å²) < 4.78 is 0. The second kappa shape index (κ2) is 11.2. The summed E-state index contributed by atoms with van der Waals surface area (Å²) in [5.74, 6) is 0. The minimum atomic E-state index is 0.802. The first-order valence-electron chi connectivity index (χ1n) is 3.92. The molecule has 0 saturated carbocycles. The van der Waals surface area contributed by atoms with E-state index in [0.717, 1.165) is 24.8 Å². The first kappa shape index (κ1) is 14.1. The number of allylic oxidation sites excluding steroid dienone is 4. The normalized spacial score (nSPS) is 16.3. The van der Waals surface area contributed by atoms with Crippen LogP contribution in [0.25, 0.3) is 0 Å². The van der Waals surface area contributed by atoms with Crippen molar-refractivity contribution >= 4 is 47.1 Å². The summed E-state index contributed by atoms with van der Waals surface area (Å²) in [6, 6.07) is 0. The molecule has 0 radical (unpaired) electrons. The molecule has 0 bridgehead atoms. The molecule has 0 heterocycles. The van der Waals surface area contributed by atoms with Crippen LogP contribution in [0.3, 0.4) is 0 Å². The Morgan fingerprint density at radius 1 is 1.38 bits per heavy atom. The van der Waals surface area contributed by atoms with Crippen LogP contribution in [-0.2, 0) is 13.1 Å². The second-order valence-electron chi connectivity index (χ2n) is 2.52. The van der Waals surface area contributed by atoms with Crippen molar-refractivity contribution in [3.8, 4) is 0 Å². The number of hydrogen-bond acceptors (Lipinski definition) is 1. The molecule has 0 fully saturated rings. The van der Waals surface area contributed by atoms with Gasteiger partial charge < -0.3 is 4.79 Å². The minimum absolute atomic E-state index is 0.802. The maximum absolute atomic E-state index is 10.2. The van der Waals surface area contributed by atoms with Crippen LogP contribution in [-0.4, -0.2) is 6.29 Å². The topological polar surface area (TPSA) is 17.1 Å². The molecule has 0 saturated heterocycles. The summed E-state index contributed by atoms with van der Waals surface area (Å²) in [6.07, 6.45) is 12.2. The maximum atomic E-state index is 10.2. The van der Waals surface area contributed by atoms with Gasteiger partial charge in [-0.2, -0.15) is 5.57 Å². The Labute approximate surface area is 108 Å². The first-order valence-corrected chi connectivity index (χ1v) is 10.6. The third-order valence-electron chi connectivity index (χ3n) is 1.63. The number of hydrogen-bond donors (Lipinski definition) is 0. The van der Waals surface area contributed by atoms with E-state index in [1.807, 2.05) is 18.4 Å². The molecule has 1 nitrogen and oxygen atoms in total. The van der Waals surface area contributed by atoms with Crippen molar-refractivity contribution in [1.29, 1.82) is 0 Å². The number of rotatable bonds is 1. The van der Waals surface area contributed by atoms with Gasteiger partial charge in [0, 0.05) is 0 Å². The van der Waals surface area contributed by atoms with E-state index in [9.17, 15) is 4.79 Å². The summed E-state index contributed by atoms with van der Waals surface area (Å²) in [4.78, 5) is 10.2. The zero-order valence-electron chi connectivity index (χ0n) is 7.06. The summed E-state index contributed by atoms with van der Waals surface area (Å²) in [7, 11) is 1.38. The van der Waals surface area contributed by atoms with Crippen LogP contribution < -0.4 is 0 Å². The molecule has 0 atom stereocenters. The summed E-state index contributed by atoms with van der Waals surface area (Å²) >= 11 is 4.49. The molecule has 0 aromatic carbocycles. The molecule has 0 spiro atoms. The van der Waals surface area contributed by atoms with Crippen molar-refractivity contribution in [2.75, 3.05) is 0 Å². The Morgan fingerprint density at radius 3 is 2.69 bits per heavy atom. The van der Waals surface area contributed by atoms with Gasteiger partial charge in [0.05, 0.1) is 0 Å². The Kier molecular flexibility index (Phi) is 12.2. The van der Waals surface area contributed by atoms with E-state index in [4.69, 9.17) is 0 Å². The van der Waals surface area contributed by atoms with Crippen molar-refractivity contribution in [3.63, 3.8) is 0 Å². The van der Waals surface area contributed by atoms with Gasteiger partial charge in [-0.15, -0.1) is 12.2 Å². The molecule has 13 heavy (non-hydrogen) atoms. The molecule has 4 heteroatoms. The molecule has 0 unspecified atom stereocenters. The van der Waals surface area contributed by atoms with Gasteiger partial charge in [-0.1, -0.05) is 12.8 Å². The van der Waals surface area contributed by atoms with Gasteiger partial charge >= 0.3 is 49.1 Å². The molecule has 0 amide bonds. The van der Waals surface area contributed by atoms with Crippen molar-refractivity contribution in [2.45, 2.75) is 25.7 Å². The van der Waals surface area contributed by atoms with Crippen LogP contribution in [0.4, 0.5) is 0 Å². The van der Waals surface area contributed by atoms with Crippen LogP contribution in [0.15, 0.2) is 23.8 Å². The Bertz CT molecular complexity index is 190. The first-order chi connectivity index (χ1) is 6.35. The number of halogens is 2. The average molecular weight is 448 g/mol. The van der Waals surface area contributed by atoms with Crippen LogP contribution in [0.5, 0.6) is 0 Å². The van der Waals surface area contributed by atoms with Gasteiger partial charge in [-0.3, -0.25) is 0 Å². The number of carbonyl (C=O) groups excluding carboxylic acids is 1. The van der Waals surface area contributed by atoms with Gasteiger partial charge in [-0.25, -0.2) is 6.08 Å². The summed E-state index contributed by atoms with van der Waals surface area (Å²) in [5.41, 5.74) is 0.802. The molecule has 0 aromatic rings. The molecule has 1 aliphatic carbocycles. The van der Waals surface area contributed by atoms with Gasteiger partial charge in [0.2, 0.25) is 0 Å². The fraction of sp³-hybridized carbons (Fsp3) is 0.444. The van der Waals surface area contributed by atoms with E-state index in [2.05, 4.69) is 46.9 Å². The molecule has 1 rings (SSSR count). The van der Waals surface area contributed by atoms with Gasteiger partial charge in [-0.05, 0) is 19.1 Å². The van der Waals surface area contributed by atoms with E-state index in [-0.39, 0.29) is 0 Å². The second-order valence-corrected chi connectivity index (χ2v) is 11.3. The van der Waals surface area contributed by atoms with E-state index in [1.165, 1.54) is 14.7 Å². The molecule has 0 aromatic heterocycles. The fourth-order valence-corrected chi connectivity index (χ4v) is 1.03. The van der Waals surface area contributed by atoms with E-state index < -0.39 is 0 Å². The predicted octanol–water partition coefficient (Wildman–Crippen LogP) is 3.92.